The monoisotopic (exact) mass is 961 g/mol. The van der Waals surface area contributed by atoms with Crippen LogP contribution in [0.3, 0.4) is 0 Å². The van der Waals surface area contributed by atoms with Crippen LogP contribution in [0.15, 0.2) is 60.4 Å². The van der Waals surface area contributed by atoms with E-state index in [9.17, 15) is 32.7 Å². The maximum atomic E-state index is 15.7. The van der Waals surface area contributed by atoms with Gasteiger partial charge < -0.3 is 35.4 Å². The smallest absolute Gasteiger partial charge is 0.246 e. The molecule has 0 unspecified atom stereocenters. The van der Waals surface area contributed by atoms with E-state index >= 15 is 8.78 Å². The van der Waals surface area contributed by atoms with Crippen molar-refractivity contribution in [2.75, 3.05) is 48.1 Å². The number of amides is 4. The van der Waals surface area contributed by atoms with Crippen molar-refractivity contribution in [2.45, 2.75) is 91.5 Å². The van der Waals surface area contributed by atoms with E-state index in [1.165, 1.54) is 11.1 Å². The van der Waals surface area contributed by atoms with Gasteiger partial charge in [0.2, 0.25) is 33.7 Å². The molecule has 2 saturated heterocycles. The Labute approximate surface area is 392 Å². The number of benzene rings is 2. The van der Waals surface area contributed by atoms with Crippen LogP contribution in [-0.2, 0) is 35.7 Å². The number of piperazine rings is 1. The molecule has 0 spiro atoms. The third-order valence-electron chi connectivity index (χ3n) is 12.1. The summed E-state index contributed by atoms with van der Waals surface area (Å²) in [5, 5.41) is 16.8. The first kappa shape index (κ1) is 48.9. The average molecular weight is 962 g/mol. The molecule has 3 atom stereocenters. The number of anilines is 2. The number of hydrogen-bond donors (Lipinski definition) is 5. The van der Waals surface area contributed by atoms with E-state index in [1.54, 1.807) is 40.9 Å². The molecule has 2 fully saturated rings. The Bertz CT molecular complexity index is 2730. The van der Waals surface area contributed by atoms with Gasteiger partial charge in [0.15, 0.2) is 5.82 Å². The summed E-state index contributed by atoms with van der Waals surface area (Å²) in [6, 6.07) is 9.68. The largest absolute Gasteiger partial charge is 0.391 e. The minimum atomic E-state index is -3.84. The van der Waals surface area contributed by atoms with Crippen LogP contribution >= 0.6 is 11.3 Å². The number of carbonyl (C=O) groups is 4. The predicted octanol–water partition coefficient (Wildman–Crippen LogP) is 5.72. The van der Waals surface area contributed by atoms with Gasteiger partial charge in [0.05, 0.1) is 51.1 Å². The quantitative estimate of drug-likeness (QED) is 0.0813. The summed E-state index contributed by atoms with van der Waals surface area (Å²) in [5.74, 6) is -3.57. The first-order valence-corrected chi connectivity index (χ1v) is 24.9. The second kappa shape index (κ2) is 20.5. The van der Waals surface area contributed by atoms with E-state index in [0.717, 1.165) is 33.8 Å². The summed E-state index contributed by atoms with van der Waals surface area (Å²) in [7, 11) is -3.84. The van der Waals surface area contributed by atoms with Gasteiger partial charge >= 0.3 is 0 Å². The first-order valence-electron chi connectivity index (χ1n) is 22.4. The SMILES string of the molecule is CCCS(=O)(=O)Nc1ccc(F)c(-c2c[nH]c3ncc(N4CCN(C(=O)CCCC(=O)N[C@H](C(=O)N5C[C@H](O)C[C@H]5C(=O)NCc5ccc(-c6scnc6C)cc5)C(C)(C)C)CC4)cc23)c1F. The Balaban J connectivity index is 0.902. The topological polar surface area (TPSA) is 210 Å². The second-order valence-electron chi connectivity index (χ2n) is 18.2. The van der Waals surface area contributed by atoms with Crippen molar-refractivity contribution in [1.82, 2.24) is 35.4 Å². The van der Waals surface area contributed by atoms with Crippen molar-refractivity contribution in [3.63, 3.8) is 0 Å². The number of likely N-dealkylation sites (tertiary alicyclic amines) is 1. The summed E-state index contributed by atoms with van der Waals surface area (Å²) >= 11 is 1.56. The Hall–Kier alpha value is -5.99. The molecule has 0 radical (unpaired) electrons. The van der Waals surface area contributed by atoms with Crippen LogP contribution < -0.4 is 20.3 Å². The van der Waals surface area contributed by atoms with E-state index in [4.69, 9.17) is 0 Å². The molecular weight excluding hydrogens is 905 g/mol. The second-order valence-corrected chi connectivity index (χ2v) is 20.9. The molecule has 3 aromatic heterocycles. The summed E-state index contributed by atoms with van der Waals surface area (Å²) in [4.78, 5) is 72.1. The Morgan fingerprint density at radius 2 is 1.75 bits per heavy atom. The number of aliphatic hydroxyl groups is 1. The fourth-order valence-electron chi connectivity index (χ4n) is 8.52. The first-order chi connectivity index (χ1) is 31.8. The lowest BCUT2D eigenvalue weighted by Gasteiger charge is -2.36. The number of nitrogens with zero attached hydrogens (tertiary/aromatic N) is 5. The number of thiazole rings is 1. The number of aliphatic hydroxyl groups excluding tert-OH is 1. The lowest BCUT2D eigenvalue weighted by molar-refractivity contribution is -0.144. The third kappa shape index (κ3) is 11.4. The van der Waals surface area contributed by atoms with Crippen molar-refractivity contribution in [2.24, 2.45) is 5.41 Å². The number of nitrogens with one attached hydrogen (secondary N) is 4. The maximum absolute atomic E-state index is 15.7. The maximum Gasteiger partial charge on any atom is 0.246 e. The summed E-state index contributed by atoms with van der Waals surface area (Å²) in [6.07, 6.45) is 2.84. The highest BCUT2D eigenvalue weighted by Crippen LogP contribution is 2.37. The predicted molar refractivity (Wildman–Crippen MR) is 253 cm³/mol. The number of rotatable bonds is 16. The van der Waals surface area contributed by atoms with Crippen LogP contribution in [0.4, 0.5) is 20.2 Å². The number of carbonyl (C=O) groups excluding carboxylic acids is 4. The molecule has 2 aliphatic rings. The van der Waals surface area contributed by atoms with Crippen LogP contribution in [0.1, 0.15) is 71.1 Å². The number of halogens is 2. The Morgan fingerprint density at radius 1 is 1.01 bits per heavy atom. The van der Waals surface area contributed by atoms with E-state index < -0.39 is 68.5 Å². The number of β-amino-alcohol motifs (C(OH)–C–C–N with tert-alkyl or cyclic N) is 1. The highest BCUT2D eigenvalue weighted by molar-refractivity contribution is 7.92. The van der Waals surface area contributed by atoms with Crippen LogP contribution in [0.2, 0.25) is 0 Å². The lowest BCUT2D eigenvalue weighted by atomic mass is 9.85. The van der Waals surface area contributed by atoms with Gasteiger partial charge in [-0.1, -0.05) is 52.0 Å². The molecule has 2 aliphatic heterocycles. The van der Waals surface area contributed by atoms with Crippen molar-refractivity contribution >= 4 is 67.4 Å². The molecule has 7 rings (SSSR count). The zero-order valence-electron chi connectivity index (χ0n) is 38.2. The van der Waals surface area contributed by atoms with Crippen LogP contribution in [0.25, 0.3) is 32.6 Å². The molecule has 4 amide bonds. The number of hydrogen-bond acceptors (Lipinski definition) is 11. The van der Waals surface area contributed by atoms with Gasteiger partial charge in [-0.3, -0.25) is 23.9 Å². The van der Waals surface area contributed by atoms with E-state index in [-0.39, 0.29) is 61.7 Å². The van der Waals surface area contributed by atoms with Crippen molar-refractivity contribution < 1.29 is 41.5 Å². The van der Waals surface area contributed by atoms with Gasteiger partial charge in [0.1, 0.15) is 23.5 Å². The molecule has 5 aromatic rings. The van der Waals surface area contributed by atoms with Gasteiger partial charge in [-0.25, -0.2) is 27.2 Å². The van der Waals surface area contributed by atoms with Gasteiger partial charge in [-0.2, -0.15) is 0 Å². The van der Waals surface area contributed by atoms with Crippen LogP contribution in [-0.4, -0.2) is 119 Å². The number of pyridine rings is 1. The van der Waals surface area contributed by atoms with E-state index in [2.05, 4.69) is 30.3 Å². The average Bonchev–Trinajstić information content (AvgIpc) is 4.03. The molecule has 5 N–H and O–H groups in total. The van der Waals surface area contributed by atoms with E-state index in [1.807, 2.05) is 56.9 Å². The lowest BCUT2D eigenvalue weighted by Crippen LogP contribution is -2.57. The van der Waals surface area contributed by atoms with Gasteiger partial charge in [0, 0.05) is 75.7 Å². The number of aryl methyl sites for hydroxylation is 1. The highest BCUT2D eigenvalue weighted by Gasteiger charge is 2.44. The van der Waals surface area contributed by atoms with Gasteiger partial charge in [-0.05, 0) is 54.5 Å². The van der Waals surface area contributed by atoms with Crippen LogP contribution in [0.5, 0.6) is 0 Å². The number of H-pyrrole nitrogens is 1. The van der Waals surface area contributed by atoms with E-state index in [0.29, 0.717) is 49.3 Å². The zero-order chi connectivity index (χ0) is 48.2. The zero-order valence-corrected chi connectivity index (χ0v) is 39.8. The molecule has 2 aromatic carbocycles. The molecule has 20 heteroatoms. The molecule has 16 nitrogen and oxygen atoms in total. The Kier molecular flexibility index (Phi) is 15.0. The number of sulfonamides is 1. The molecule has 0 bridgehead atoms. The fourth-order valence-corrected chi connectivity index (χ4v) is 10.5. The normalized spacial score (nSPS) is 17.2. The molecule has 0 saturated carbocycles. The van der Waals surface area contributed by atoms with Crippen LogP contribution in [0, 0.1) is 24.0 Å². The summed E-state index contributed by atoms with van der Waals surface area (Å²) in [6.45, 7) is 10.9. The Morgan fingerprint density at radius 3 is 2.42 bits per heavy atom. The number of aromatic nitrogens is 3. The molecule has 5 heterocycles. The fraction of sp³-hybridized carbons (Fsp3) is 0.447. The highest BCUT2D eigenvalue weighted by atomic mass is 32.2. The molecule has 67 heavy (non-hydrogen) atoms. The van der Waals surface area contributed by atoms with Crippen molar-refractivity contribution in [3.05, 3.63) is 83.3 Å². The number of aromatic amines is 1. The minimum Gasteiger partial charge on any atom is -0.391 e. The van der Waals surface area contributed by atoms with Gasteiger partial charge in [-0.15, -0.1) is 11.3 Å². The summed E-state index contributed by atoms with van der Waals surface area (Å²) in [5.41, 5.74) is 4.35. The molecular formula is C47H57F2N9O7S2. The molecule has 0 aliphatic carbocycles. The standard InChI is InChI=1S/C47H57F2N9O7S2/c1-6-20-67(64,65)55-36-15-14-35(48)40(41(36)49)34-25-51-44-33(34)21-31(24-50-44)56-16-18-57(19-17-56)39(61)9-7-8-38(60)54-43(47(3,4)5)46(63)58-26-32(59)22-37(58)45(62)52-23-29-10-12-30(13-11-29)42-28(2)53-27-66-42/h10-15,21,24-25,27,32,37,43,55,59H,6-9,16-20,22-23,26H2,1-5H3,(H,50,51)(H,52,62)(H,54,60)/t32-,37+,43-/m1/s1. The third-order valence-corrected chi connectivity index (χ3v) is 14.6. The van der Waals surface area contributed by atoms with Crippen molar-refractivity contribution in [1.29, 1.82) is 0 Å². The van der Waals surface area contributed by atoms with Gasteiger partial charge in [0.25, 0.3) is 0 Å². The summed E-state index contributed by atoms with van der Waals surface area (Å²) < 4.78 is 57.9. The minimum absolute atomic E-state index is 0.0150. The number of fused-ring (bicyclic) bond motifs is 1. The van der Waals surface area contributed by atoms with Crippen molar-refractivity contribution in [3.8, 4) is 21.6 Å². The molecule has 358 valence electrons.